The number of benzene rings is 5. The Bertz CT molecular complexity index is 2690. The molecule has 10 nitrogen and oxygen atoms in total. The minimum Gasteiger partial charge on any atom is -0.506 e. The number of nitrogens with one attached hydrogen (secondary N) is 2. The zero-order valence-corrected chi connectivity index (χ0v) is 35.0. The largest absolute Gasteiger partial charge is 0.506 e. The second-order valence-electron chi connectivity index (χ2n) is 15.8. The molecular formula is C51H49N3O7S. The number of aryl methyl sites for hydroxylation is 1. The predicted octanol–water partition coefficient (Wildman–Crippen LogP) is 8.04. The number of carbonyl (C=O) groups excluding carboxylic acids is 2. The molecule has 1 fully saturated rings. The number of aliphatic hydroxyl groups is 2. The summed E-state index contributed by atoms with van der Waals surface area (Å²) in [4.78, 5) is 46.0. The minimum atomic E-state index is -2.01. The Labute approximate surface area is 364 Å². The highest BCUT2D eigenvalue weighted by atomic mass is 32.1. The number of nitrogens with zero attached hydrogens (tertiary/aromatic N) is 1. The third kappa shape index (κ3) is 9.78. The van der Waals surface area contributed by atoms with E-state index in [9.17, 15) is 29.7 Å². The van der Waals surface area contributed by atoms with Crippen molar-refractivity contribution in [3.05, 3.63) is 194 Å². The van der Waals surface area contributed by atoms with E-state index in [1.54, 1.807) is 53.8 Å². The number of Topliss-reactive ketones (excluding diaryl/α,β-unsaturated/α-hetero) is 1. The van der Waals surface area contributed by atoms with Crippen molar-refractivity contribution >= 4 is 34.0 Å². The van der Waals surface area contributed by atoms with Crippen LogP contribution in [0, 0.1) is 0 Å². The predicted molar refractivity (Wildman–Crippen MR) is 242 cm³/mol. The average Bonchev–Trinajstić information content (AvgIpc) is 3.79. The van der Waals surface area contributed by atoms with Crippen LogP contribution >= 0.6 is 11.3 Å². The van der Waals surface area contributed by atoms with Gasteiger partial charge in [0.25, 0.3) is 0 Å². The number of pyridine rings is 1. The first-order chi connectivity index (χ1) is 30.1. The monoisotopic (exact) mass is 847 g/mol. The van der Waals surface area contributed by atoms with Crippen LogP contribution in [0.5, 0.6) is 5.75 Å². The lowest BCUT2D eigenvalue weighted by Gasteiger charge is -2.34. The zero-order valence-electron chi connectivity index (χ0n) is 34.2. The van der Waals surface area contributed by atoms with Crippen LogP contribution in [0.4, 0.5) is 0 Å². The number of esters is 1. The molecule has 1 aliphatic rings. The summed E-state index contributed by atoms with van der Waals surface area (Å²) in [5, 5.41) is 37.2. The molecule has 11 heteroatoms. The summed E-state index contributed by atoms with van der Waals surface area (Å²) in [5.41, 5.74) is 3.07. The van der Waals surface area contributed by atoms with Crippen molar-refractivity contribution in [2.24, 2.45) is 0 Å². The van der Waals surface area contributed by atoms with Crippen LogP contribution in [-0.4, -0.2) is 62.7 Å². The Kier molecular flexibility index (Phi) is 13.2. The number of phenolic OH excluding ortho intramolecular Hbond substituents is 1. The average molecular weight is 848 g/mol. The van der Waals surface area contributed by atoms with Gasteiger partial charge in [-0.1, -0.05) is 109 Å². The molecule has 3 heterocycles. The van der Waals surface area contributed by atoms with E-state index in [2.05, 4.69) is 27.3 Å². The van der Waals surface area contributed by atoms with Gasteiger partial charge in [-0.3, -0.25) is 14.5 Å². The molecule has 1 saturated heterocycles. The van der Waals surface area contributed by atoms with E-state index in [0.717, 1.165) is 40.5 Å². The van der Waals surface area contributed by atoms with Crippen molar-refractivity contribution < 1.29 is 29.6 Å². The summed E-state index contributed by atoms with van der Waals surface area (Å²) in [7, 11) is 0. The first-order valence-corrected chi connectivity index (χ1v) is 21.8. The first-order valence-electron chi connectivity index (χ1n) is 20.9. The summed E-state index contributed by atoms with van der Waals surface area (Å²) in [6.45, 7) is 3.15. The van der Waals surface area contributed by atoms with Crippen molar-refractivity contribution in [3.8, 4) is 16.2 Å². The molecule has 1 aliphatic heterocycles. The molecule has 316 valence electrons. The highest BCUT2D eigenvalue weighted by molar-refractivity contribution is 7.15. The van der Waals surface area contributed by atoms with Gasteiger partial charge in [0.15, 0.2) is 5.78 Å². The number of phenols is 1. The molecule has 2 atom stereocenters. The number of piperidine rings is 1. The highest BCUT2D eigenvalue weighted by Gasteiger charge is 2.43. The Morgan fingerprint density at radius 3 is 2.31 bits per heavy atom. The van der Waals surface area contributed by atoms with Crippen molar-refractivity contribution in [1.82, 2.24) is 15.2 Å². The Hall–Kier alpha value is -6.21. The number of aliphatic hydroxyl groups excluding tert-OH is 1. The summed E-state index contributed by atoms with van der Waals surface area (Å²) in [6, 6.07) is 44.2. The van der Waals surface area contributed by atoms with E-state index in [0.29, 0.717) is 59.9 Å². The molecule has 0 amide bonds. The topological polar surface area (TPSA) is 152 Å². The molecular weight excluding hydrogens is 799 g/mol. The number of hydrogen-bond donors (Lipinski definition) is 5. The number of ketones is 1. The number of thiophene rings is 1. The molecule has 5 N–H and O–H groups in total. The standard InChI is InChI=1S/C51H49N3O7S/c55-44(36-16-14-34(15-17-36)31-52-32-46(57)42-20-23-45(56)49-43(42)21-25-48(58)53-49)22-18-41-19-24-47(62-41)37-10-7-13-39(30-37)51(60,38-11-5-2-6-12-38)50(59)61-40-26-28-54(29-27-40)33-35-8-3-1-4-9-35/h1-17,19-21,23-25,30,40,46,52,56-57,60H,18,22,26-29,31-33H2,(H,53,58)/t46-,51-/m0/s1. The molecule has 0 bridgehead atoms. The molecule has 0 unspecified atom stereocenters. The Morgan fingerprint density at radius 2 is 1.55 bits per heavy atom. The number of hydrogen-bond acceptors (Lipinski definition) is 10. The maximum atomic E-state index is 14.1. The lowest BCUT2D eigenvalue weighted by molar-refractivity contribution is -0.170. The van der Waals surface area contributed by atoms with Gasteiger partial charge < -0.3 is 30.4 Å². The van der Waals surface area contributed by atoms with Crippen molar-refractivity contribution in [3.63, 3.8) is 0 Å². The number of aromatic hydroxyl groups is 1. The number of aromatic nitrogens is 1. The van der Waals surface area contributed by atoms with Gasteiger partial charge >= 0.3 is 5.97 Å². The number of likely N-dealkylation sites (tertiary alicyclic amines) is 1. The van der Waals surface area contributed by atoms with Crippen LogP contribution in [0.3, 0.4) is 0 Å². The van der Waals surface area contributed by atoms with E-state index in [1.807, 2.05) is 78.9 Å². The van der Waals surface area contributed by atoms with E-state index in [4.69, 9.17) is 4.74 Å². The molecule has 0 saturated carbocycles. The van der Waals surface area contributed by atoms with E-state index in [-0.39, 0.29) is 35.3 Å². The zero-order chi connectivity index (χ0) is 43.1. The number of aromatic amines is 1. The van der Waals surface area contributed by atoms with Crippen LogP contribution in [0.2, 0.25) is 0 Å². The van der Waals surface area contributed by atoms with Crippen LogP contribution in [0.25, 0.3) is 21.3 Å². The molecule has 8 rings (SSSR count). The SMILES string of the molecule is O=C(CCc1ccc(-c2cccc([C@](O)(C(=O)OC3CCN(Cc4ccccc4)CC3)c3ccccc3)c2)s1)c1ccc(CNC[C@H](O)c2ccc(O)c3[nH]c(=O)ccc23)cc1. The Morgan fingerprint density at radius 1 is 0.823 bits per heavy atom. The minimum absolute atomic E-state index is 0.0300. The normalized spacial score (nSPS) is 14.9. The fourth-order valence-electron chi connectivity index (χ4n) is 8.11. The first kappa shape index (κ1) is 42.5. The molecule has 0 spiro atoms. The van der Waals surface area contributed by atoms with E-state index >= 15 is 0 Å². The van der Waals surface area contributed by atoms with Gasteiger partial charge in [-0.2, -0.15) is 0 Å². The van der Waals surface area contributed by atoms with E-state index in [1.165, 1.54) is 17.7 Å². The lowest BCUT2D eigenvalue weighted by Crippen LogP contribution is -2.43. The van der Waals surface area contributed by atoms with Gasteiger partial charge in [0.2, 0.25) is 11.2 Å². The van der Waals surface area contributed by atoms with Gasteiger partial charge in [-0.15, -0.1) is 11.3 Å². The van der Waals surface area contributed by atoms with Crippen LogP contribution in [-0.2, 0) is 34.6 Å². The summed E-state index contributed by atoms with van der Waals surface area (Å²) < 4.78 is 6.10. The van der Waals surface area contributed by atoms with E-state index < -0.39 is 17.7 Å². The van der Waals surface area contributed by atoms with Gasteiger partial charge in [-0.05, 0) is 77.4 Å². The van der Waals surface area contributed by atoms with Crippen molar-refractivity contribution in [2.45, 2.75) is 56.6 Å². The van der Waals surface area contributed by atoms with Gasteiger partial charge in [0, 0.05) is 71.5 Å². The fourth-order valence-corrected chi connectivity index (χ4v) is 9.12. The maximum absolute atomic E-state index is 14.1. The number of carbonyl (C=O) groups is 2. The molecule has 0 radical (unpaired) electrons. The number of rotatable bonds is 16. The molecule has 0 aliphatic carbocycles. The van der Waals surface area contributed by atoms with Crippen molar-refractivity contribution in [1.29, 1.82) is 0 Å². The highest BCUT2D eigenvalue weighted by Crippen LogP contribution is 2.37. The third-order valence-corrected chi connectivity index (χ3v) is 12.8. The summed E-state index contributed by atoms with van der Waals surface area (Å²) in [6.07, 6.45) is 1.10. The van der Waals surface area contributed by atoms with Gasteiger partial charge in [-0.25, -0.2) is 4.79 Å². The second-order valence-corrected chi connectivity index (χ2v) is 17.0. The van der Waals surface area contributed by atoms with Crippen LogP contribution in [0.1, 0.15) is 68.4 Å². The quantitative estimate of drug-likeness (QED) is 0.0481. The van der Waals surface area contributed by atoms with Crippen molar-refractivity contribution in [2.75, 3.05) is 19.6 Å². The third-order valence-electron chi connectivity index (χ3n) is 11.6. The number of fused-ring (bicyclic) bond motifs is 1. The smallest absolute Gasteiger partial charge is 0.347 e. The van der Waals surface area contributed by atoms with Crippen LogP contribution < -0.4 is 10.9 Å². The van der Waals surface area contributed by atoms with Gasteiger partial charge in [0.05, 0.1) is 11.6 Å². The molecule has 7 aromatic rings. The summed E-state index contributed by atoms with van der Waals surface area (Å²) >= 11 is 1.58. The maximum Gasteiger partial charge on any atom is 0.347 e. The second kappa shape index (κ2) is 19.2. The van der Waals surface area contributed by atoms with Gasteiger partial charge in [0.1, 0.15) is 11.9 Å². The molecule has 2 aromatic heterocycles. The fraction of sp³-hybridized carbons (Fsp3) is 0.235. The number of ether oxygens (including phenoxy) is 1. The Balaban J connectivity index is 0.860. The lowest BCUT2D eigenvalue weighted by atomic mass is 9.85. The number of H-pyrrole nitrogens is 1. The molecule has 5 aromatic carbocycles. The van der Waals surface area contributed by atoms with Crippen LogP contribution in [0.15, 0.2) is 150 Å². The molecule has 62 heavy (non-hydrogen) atoms. The summed E-state index contributed by atoms with van der Waals surface area (Å²) in [5.74, 6) is -0.715.